The number of carbonyl (C=O) groups is 3. The maximum atomic E-state index is 13.1. The molecule has 1 aromatic heterocycles. The van der Waals surface area contributed by atoms with Gasteiger partial charge in [0.2, 0.25) is 11.8 Å². The lowest BCUT2D eigenvalue weighted by Gasteiger charge is -2.24. The molecule has 9 nitrogen and oxygen atoms in total. The summed E-state index contributed by atoms with van der Waals surface area (Å²) in [6.07, 6.45) is -3.57. The predicted octanol–water partition coefficient (Wildman–Crippen LogP) is 3.58. The molecule has 2 unspecified atom stereocenters. The Balaban J connectivity index is 1.47. The van der Waals surface area contributed by atoms with E-state index >= 15 is 0 Å². The molecule has 4 rings (SSSR count). The van der Waals surface area contributed by atoms with Crippen molar-refractivity contribution in [3.63, 3.8) is 0 Å². The number of para-hydroxylation sites is 1. The summed E-state index contributed by atoms with van der Waals surface area (Å²) in [7, 11) is 1.31. The number of aromatic nitrogens is 1. The van der Waals surface area contributed by atoms with Gasteiger partial charge in [-0.1, -0.05) is 24.3 Å². The monoisotopic (exact) mass is 525 g/mol. The van der Waals surface area contributed by atoms with Crippen LogP contribution in [0.3, 0.4) is 0 Å². The van der Waals surface area contributed by atoms with Gasteiger partial charge in [0.15, 0.2) is 5.75 Å². The summed E-state index contributed by atoms with van der Waals surface area (Å²) in [5.41, 5.74) is 0.368. The molecule has 1 saturated heterocycles. The molecule has 2 heterocycles. The molecule has 38 heavy (non-hydrogen) atoms. The van der Waals surface area contributed by atoms with Crippen molar-refractivity contribution in [2.45, 2.75) is 18.8 Å². The molecule has 3 aromatic rings. The van der Waals surface area contributed by atoms with Gasteiger partial charge in [0.25, 0.3) is 5.91 Å². The van der Waals surface area contributed by atoms with Crippen molar-refractivity contribution in [2.75, 3.05) is 25.5 Å². The number of likely N-dealkylation sites (N-methyl/N-ethyl adjacent to an activating group) is 1. The molecule has 3 amide bonds. The van der Waals surface area contributed by atoms with Crippen LogP contribution in [0, 0.1) is 17.2 Å². The van der Waals surface area contributed by atoms with Crippen LogP contribution in [0.15, 0.2) is 60.8 Å². The third-order valence-corrected chi connectivity index (χ3v) is 6.04. The van der Waals surface area contributed by atoms with E-state index in [1.165, 1.54) is 36.3 Å². The van der Waals surface area contributed by atoms with Crippen LogP contribution in [0.2, 0.25) is 0 Å². The Bertz CT molecular complexity index is 1410. The van der Waals surface area contributed by atoms with Crippen LogP contribution in [0.25, 0.3) is 10.9 Å². The third-order valence-electron chi connectivity index (χ3n) is 6.04. The number of amides is 3. The van der Waals surface area contributed by atoms with Crippen molar-refractivity contribution in [1.82, 2.24) is 14.8 Å². The van der Waals surface area contributed by atoms with Crippen molar-refractivity contribution >= 4 is 34.3 Å². The Morgan fingerprint density at radius 1 is 1.18 bits per heavy atom. The summed E-state index contributed by atoms with van der Waals surface area (Å²) < 4.78 is 42.9. The molecular formula is C26H22F3N5O4. The zero-order chi connectivity index (χ0) is 27.4. The molecule has 0 bridgehead atoms. The van der Waals surface area contributed by atoms with E-state index in [0.29, 0.717) is 5.69 Å². The van der Waals surface area contributed by atoms with E-state index in [0.717, 1.165) is 11.0 Å². The number of alkyl halides is 3. The van der Waals surface area contributed by atoms with Crippen LogP contribution in [0.1, 0.15) is 16.8 Å². The number of rotatable bonds is 6. The van der Waals surface area contributed by atoms with E-state index in [-0.39, 0.29) is 35.3 Å². The highest BCUT2D eigenvalue weighted by atomic mass is 19.4. The first kappa shape index (κ1) is 26.4. The number of hydrogen-bond acceptors (Lipinski definition) is 6. The van der Waals surface area contributed by atoms with Gasteiger partial charge in [-0.15, -0.1) is 13.2 Å². The van der Waals surface area contributed by atoms with Gasteiger partial charge in [-0.2, -0.15) is 5.26 Å². The molecule has 2 aromatic carbocycles. The third kappa shape index (κ3) is 6.00. The summed E-state index contributed by atoms with van der Waals surface area (Å²) in [6, 6.07) is 15.2. The first-order chi connectivity index (χ1) is 18.1. The molecule has 0 spiro atoms. The number of fused-ring (bicyclic) bond motifs is 1. The molecular weight excluding hydrogens is 503 g/mol. The fourth-order valence-electron chi connectivity index (χ4n) is 4.26. The van der Waals surface area contributed by atoms with Crippen molar-refractivity contribution in [1.29, 1.82) is 5.26 Å². The smallest absolute Gasteiger partial charge is 0.403 e. The molecule has 0 radical (unpaired) electrons. The molecule has 2 atom stereocenters. The maximum Gasteiger partial charge on any atom is 0.573 e. The van der Waals surface area contributed by atoms with E-state index in [4.69, 9.17) is 0 Å². The molecule has 196 valence electrons. The summed E-state index contributed by atoms with van der Waals surface area (Å²) in [4.78, 5) is 44.9. The van der Waals surface area contributed by atoms with Gasteiger partial charge in [0.05, 0.1) is 18.5 Å². The lowest BCUT2D eigenvalue weighted by molar-refractivity contribution is -0.274. The minimum Gasteiger partial charge on any atom is -0.403 e. The Morgan fingerprint density at radius 2 is 1.92 bits per heavy atom. The number of halogens is 3. The standard InChI is InChI=1S/C26H22F3N5O4/c1-33(25(37)17-10-16-6-5-9-31-23(16)21(12-17)38-26(27,28)29)15-22(35)34-14-18(11-20(34)13-30)24(36)32-19-7-3-2-4-8-19/h2-10,12,18,20H,11,14-15H2,1H3,(H,32,36). The Morgan fingerprint density at radius 3 is 2.61 bits per heavy atom. The first-order valence-electron chi connectivity index (χ1n) is 11.5. The second-order valence-electron chi connectivity index (χ2n) is 8.74. The van der Waals surface area contributed by atoms with E-state index in [1.54, 1.807) is 30.3 Å². The number of ether oxygens (including phenoxy) is 1. The number of pyridine rings is 1. The fraction of sp³-hybridized carbons (Fsp3) is 0.269. The molecule has 1 aliphatic heterocycles. The lowest BCUT2D eigenvalue weighted by atomic mass is 10.1. The van der Waals surface area contributed by atoms with Gasteiger partial charge >= 0.3 is 6.36 Å². The molecule has 12 heteroatoms. The minimum absolute atomic E-state index is 0.0109. The van der Waals surface area contributed by atoms with Crippen LogP contribution in [0.5, 0.6) is 5.75 Å². The van der Waals surface area contributed by atoms with Gasteiger partial charge in [-0.05, 0) is 36.8 Å². The number of carbonyl (C=O) groups excluding carboxylic acids is 3. The zero-order valence-electron chi connectivity index (χ0n) is 20.1. The summed E-state index contributed by atoms with van der Waals surface area (Å²) in [5.74, 6) is -2.91. The highest BCUT2D eigenvalue weighted by Gasteiger charge is 2.39. The summed E-state index contributed by atoms with van der Waals surface area (Å²) >= 11 is 0. The number of hydrogen-bond donors (Lipinski definition) is 1. The average Bonchev–Trinajstić information content (AvgIpc) is 3.33. The molecule has 1 N–H and O–H groups in total. The lowest BCUT2D eigenvalue weighted by Crippen LogP contribution is -2.43. The van der Waals surface area contributed by atoms with Crippen LogP contribution >= 0.6 is 0 Å². The Labute approximate surface area is 215 Å². The van der Waals surface area contributed by atoms with E-state index in [2.05, 4.69) is 15.0 Å². The summed E-state index contributed by atoms with van der Waals surface area (Å²) in [5, 5.41) is 12.6. The molecule has 0 aliphatic carbocycles. The van der Waals surface area contributed by atoms with E-state index in [9.17, 15) is 32.8 Å². The van der Waals surface area contributed by atoms with Crippen molar-refractivity contribution in [3.8, 4) is 11.8 Å². The topological polar surface area (TPSA) is 116 Å². The minimum atomic E-state index is -5.00. The van der Waals surface area contributed by atoms with Gasteiger partial charge in [0.1, 0.15) is 11.6 Å². The number of nitrogens with zero attached hydrogens (tertiary/aromatic N) is 4. The number of anilines is 1. The van der Waals surface area contributed by atoms with Gasteiger partial charge in [-0.3, -0.25) is 19.4 Å². The van der Waals surface area contributed by atoms with Gasteiger partial charge < -0.3 is 19.9 Å². The first-order valence-corrected chi connectivity index (χ1v) is 11.5. The number of nitrogens with one attached hydrogen (secondary N) is 1. The van der Waals surface area contributed by atoms with E-state index in [1.807, 2.05) is 6.07 Å². The van der Waals surface area contributed by atoms with Crippen LogP contribution < -0.4 is 10.1 Å². The quantitative estimate of drug-likeness (QED) is 0.526. The highest BCUT2D eigenvalue weighted by molar-refractivity contribution is 6.01. The Hall–Kier alpha value is -4.66. The van der Waals surface area contributed by atoms with Crippen LogP contribution in [-0.2, 0) is 9.59 Å². The second kappa shape index (κ2) is 10.8. The number of nitriles is 1. The van der Waals surface area contributed by atoms with E-state index < -0.39 is 42.4 Å². The zero-order valence-corrected chi connectivity index (χ0v) is 20.1. The fourth-order valence-corrected chi connectivity index (χ4v) is 4.26. The van der Waals surface area contributed by atoms with Crippen LogP contribution in [0.4, 0.5) is 18.9 Å². The molecule has 0 saturated carbocycles. The Kier molecular flexibility index (Phi) is 7.47. The van der Waals surface area contributed by atoms with Crippen molar-refractivity contribution in [2.24, 2.45) is 5.92 Å². The SMILES string of the molecule is CN(CC(=O)N1CC(C(=O)Nc2ccccc2)CC1C#N)C(=O)c1cc(OC(F)(F)F)c2ncccc2c1. The van der Waals surface area contributed by atoms with Crippen molar-refractivity contribution in [3.05, 3.63) is 66.4 Å². The summed E-state index contributed by atoms with van der Waals surface area (Å²) in [6.45, 7) is -0.465. The molecule has 1 fully saturated rings. The maximum absolute atomic E-state index is 13.1. The highest BCUT2D eigenvalue weighted by Crippen LogP contribution is 2.31. The van der Waals surface area contributed by atoms with Gasteiger partial charge in [0, 0.05) is 36.4 Å². The van der Waals surface area contributed by atoms with Crippen LogP contribution in [-0.4, -0.2) is 65.0 Å². The van der Waals surface area contributed by atoms with Gasteiger partial charge in [-0.25, -0.2) is 0 Å². The largest absolute Gasteiger partial charge is 0.573 e. The van der Waals surface area contributed by atoms with Crippen molar-refractivity contribution < 1.29 is 32.3 Å². The average molecular weight is 525 g/mol. The second-order valence-corrected chi connectivity index (χ2v) is 8.74. The normalized spacial score (nSPS) is 17.1. The number of likely N-dealkylation sites (tertiary alicyclic amines) is 1. The number of benzene rings is 2. The molecule has 1 aliphatic rings. The predicted molar refractivity (Wildman–Crippen MR) is 130 cm³/mol.